The van der Waals surface area contributed by atoms with Gasteiger partial charge in [0.2, 0.25) is 0 Å². The number of hydrogen-bond donors (Lipinski definition) is 1. The lowest BCUT2D eigenvalue weighted by molar-refractivity contribution is -0.115. The van der Waals surface area contributed by atoms with Crippen LogP contribution in [0.4, 0.5) is 5.69 Å². The van der Waals surface area contributed by atoms with Gasteiger partial charge < -0.3 is 9.88 Å². The highest BCUT2D eigenvalue weighted by molar-refractivity contribution is 5.87. The molecule has 0 saturated heterocycles. The van der Waals surface area contributed by atoms with Crippen LogP contribution in [0.5, 0.6) is 0 Å². The summed E-state index contributed by atoms with van der Waals surface area (Å²) in [6, 6.07) is 37.5. The summed E-state index contributed by atoms with van der Waals surface area (Å²) < 4.78 is 2.31. The molecular formula is C32H29N3O. The Labute approximate surface area is 212 Å². The van der Waals surface area contributed by atoms with Crippen molar-refractivity contribution in [3.05, 3.63) is 109 Å². The zero-order valence-corrected chi connectivity index (χ0v) is 20.6. The normalized spacial score (nSPS) is 10.8. The van der Waals surface area contributed by atoms with Crippen LogP contribution in [0.1, 0.15) is 13.8 Å². The number of rotatable bonds is 8. The minimum Gasteiger partial charge on any atom is -0.378 e. The number of carbonyl (C=O) groups is 1. The summed E-state index contributed by atoms with van der Waals surface area (Å²) in [7, 11) is 0. The summed E-state index contributed by atoms with van der Waals surface area (Å²) in [4.78, 5) is 16.7. The Morgan fingerprint density at radius 3 is 2.03 bits per heavy atom. The van der Waals surface area contributed by atoms with Crippen LogP contribution in [0.25, 0.3) is 45.0 Å². The molecule has 178 valence electrons. The van der Waals surface area contributed by atoms with E-state index < -0.39 is 0 Å². The van der Waals surface area contributed by atoms with Gasteiger partial charge >= 0.3 is 0 Å². The highest BCUT2D eigenvalue weighted by Gasteiger charge is 2.22. The van der Waals surface area contributed by atoms with Crippen molar-refractivity contribution in [2.75, 3.05) is 11.9 Å². The fourth-order valence-electron chi connectivity index (χ4n) is 4.61. The summed E-state index contributed by atoms with van der Waals surface area (Å²) in [5.41, 5.74) is 8.50. The average Bonchev–Trinajstić information content (AvgIpc) is 3.32. The first-order valence-electron chi connectivity index (χ1n) is 12.3. The number of benzene rings is 4. The molecule has 36 heavy (non-hydrogen) atoms. The van der Waals surface area contributed by atoms with Crippen LogP contribution in [0.15, 0.2) is 109 Å². The molecule has 0 aliphatic rings. The molecule has 4 nitrogen and oxygen atoms in total. The van der Waals surface area contributed by atoms with Gasteiger partial charge in [-0.15, -0.1) is 0 Å². The maximum absolute atomic E-state index is 11.5. The second kappa shape index (κ2) is 10.4. The van der Waals surface area contributed by atoms with E-state index in [2.05, 4.69) is 102 Å². The molecule has 5 rings (SSSR count). The lowest BCUT2D eigenvalue weighted by Gasteiger charge is -2.14. The van der Waals surface area contributed by atoms with Gasteiger partial charge in [-0.25, -0.2) is 4.98 Å². The summed E-state index contributed by atoms with van der Waals surface area (Å²) in [6.07, 6.45) is 0. The van der Waals surface area contributed by atoms with Gasteiger partial charge in [0.05, 0.1) is 17.9 Å². The van der Waals surface area contributed by atoms with Gasteiger partial charge in [-0.05, 0) is 37.1 Å². The Bertz CT molecular complexity index is 1490. The summed E-state index contributed by atoms with van der Waals surface area (Å²) >= 11 is 0. The number of nitrogens with one attached hydrogen (secondary N) is 1. The number of anilines is 1. The SMILES string of the molecule is CCn1c(-c2ccccc2-c2cccc(NCC(C)=O)c2)nc(-c2ccccc2)c1-c1ccccc1. The molecule has 0 spiro atoms. The van der Waals surface area contributed by atoms with Gasteiger partial charge in [0.25, 0.3) is 0 Å². The minimum absolute atomic E-state index is 0.104. The predicted molar refractivity (Wildman–Crippen MR) is 149 cm³/mol. The van der Waals surface area contributed by atoms with Crippen LogP contribution in [-0.2, 0) is 11.3 Å². The predicted octanol–water partition coefficient (Wildman–Crippen LogP) is 7.57. The van der Waals surface area contributed by atoms with E-state index in [0.717, 1.165) is 57.3 Å². The number of Topliss-reactive ketones (excluding diaryl/α,β-unsaturated/α-hetero) is 1. The Kier molecular flexibility index (Phi) is 6.76. The Morgan fingerprint density at radius 1 is 0.750 bits per heavy atom. The highest BCUT2D eigenvalue weighted by atomic mass is 16.1. The molecule has 5 aromatic rings. The third-order valence-electron chi connectivity index (χ3n) is 6.26. The molecule has 0 fully saturated rings. The standard InChI is InChI=1S/C32H29N3O/c1-3-35-31(25-15-8-5-9-16-25)30(24-13-6-4-7-14-24)34-32(35)29-20-11-10-19-28(29)26-17-12-18-27(21-26)33-22-23(2)36/h4-21,33H,3,22H2,1-2H3. The first-order chi connectivity index (χ1) is 17.7. The van der Waals surface area contributed by atoms with Gasteiger partial charge in [-0.1, -0.05) is 97.1 Å². The third kappa shape index (κ3) is 4.71. The van der Waals surface area contributed by atoms with E-state index in [1.807, 2.05) is 24.3 Å². The van der Waals surface area contributed by atoms with Crippen LogP contribution >= 0.6 is 0 Å². The first kappa shape index (κ1) is 23.3. The van der Waals surface area contributed by atoms with Crippen molar-refractivity contribution < 1.29 is 4.79 Å². The number of ketones is 1. The topological polar surface area (TPSA) is 46.9 Å². The molecule has 0 bridgehead atoms. The zero-order valence-electron chi connectivity index (χ0n) is 20.6. The van der Waals surface area contributed by atoms with Crippen LogP contribution in [0.3, 0.4) is 0 Å². The van der Waals surface area contributed by atoms with Crippen molar-refractivity contribution in [2.45, 2.75) is 20.4 Å². The molecule has 0 atom stereocenters. The zero-order chi connectivity index (χ0) is 24.9. The number of nitrogens with zero attached hydrogens (tertiary/aromatic N) is 2. The molecule has 0 radical (unpaired) electrons. The molecule has 1 aromatic heterocycles. The van der Waals surface area contributed by atoms with E-state index in [0.29, 0.717) is 6.54 Å². The van der Waals surface area contributed by atoms with Crippen LogP contribution in [-0.4, -0.2) is 21.9 Å². The van der Waals surface area contributed by atoms with Crippen LogP contribution in [0.2, 0.25) is 0 Å². The molecule has 0 unspecified atom stereocenters. The van der Waals surface area contributed by atoms with Crippen molar-refractivity contribution in [1.82, 2.24) is 9.55 Å². The second-order valence-electron chi connectivity index (χ2n) is 8.79. The molecule has 1 N–H and O–H groups in total. The fourth-order valence-corrected chi connectivity index (χ4v) is 4.61. The maximum atomic E-state index is 11.5. The number of imidazole rings is 1. The molecule has 4 heteroatoms. The van der Waals surface area contributed by atoms with E-state index >= 15 is 0 Å². The summed E-state index contributed by atoms with van der Waals surface area (Å²) in [6.45, 7) is 4.85. The fraction of sp³-hybridized carbons (Fsp3) is 0.125. The van der Waals surface area contributed by atoms with E-state index in [4.69, 9.17) is 4.98 Å². The molecular weight excluding hydrogens is 442 g/mol. The lowest BCUT2D eigenvalue weighted by Crippen LogP contribution is -2.09. The van der Waals surface area contributed by atoms with Crippen molar-refractivity contribution >= 4 is 11.5 Å². The first-order valence-corrected chi connectivity index (χ1v) is 12.3. The molecule has 0 saturated carbocycles. The van der Waals surface area contributed by atoms with Gasteiger partial charge in [-0.3, -0.25) is 4.79 Å². The second-order valence-corrected chi connectivity index (χ2v) is 8.79. The van der Waals surface area contributed by atoms with Crippen molar-refractivity contribution in [3.8, 4) is 45.0 Å². The van der Waals surface area contributed by atoms with Gasteiger partial charge in [0.1, 0.15) is 11.6 Å². The lowest BCUT2D eigenvalue weighted by atomic mass is 9.98. The van der Waals surface area contributed by atoms with Gasteiger partial charge in [-0.2, -0.15) is 0 Å². The van der Waals surface area contributed by atoms with Gasteiger partial charge in [0.15, 0.2) is 0 Å². The minimum atomic E-state index is 0.104. The van der Waals surface area contributed by atoms with E-state index in [1.54, 1.807) is 6.92 Å². The smallest absolute Gasteiger partial charge is 0.148 e. The summed E-state index contributed by atoms with van der Waals surface area (Å²) in [5, 5.41) is 3.22. The molecule has 1 heterocycles. The third-order valence-corrected chi connectivity index (χ3v) is 6.26. The largest absolute Gasteiger partial charge is 0.378 e. The van der Waals surface area contributed by atoms with E-state index in [9.17, 15) is 4.79 Å². The molecule has 4 aromatic carbocycles. The van der Waals surface area contributed by atoms with Crippen LogP contribution in [0, 0.1) is 0 Å². The average molecular weight is 472 g/mol. The van der Waals surface area contributed by atoms with Crippen molar-refractivity contribution in [3.63, 3.8) is 0 Å². The van der Waals surface area contributed by atoms with Gasteiger partial charge in [0, 0.05) is 28.9 Å². The van der Waals surface area contributed by atoms with Crippen molar-refractivity contribution in [2.24, 2.45) is 0 Å². The number of carbonyl (C=O) groups excluding carboxylic acids is 1. The molecule has 0 aliphatic heterocycles. The summed E-state index contributed by atoms with van der Waals surface area (Å²) in [5.74, 6) is 1.04. The Morgan fingerprint density at radius 2 is 1.36 bits per heavy atom. The monoisotopic (exact) mass is 471 g/mol. The number of hydrogen-bond acceptors (Lipinski definition) is 3. The quantitative estimate of drug-likeness (QED) is 0.254. The van der Waals surface area contributed by atoms with E-state index in [1.165, 1.54) is 0 Å². The van der Waals surface area contributed by atoms with E-state index in [-0.39, 0.29) is 5.78 Å². The maximum Gasteiger partial charge on any atom is 0.148 e. The molecule has 0 aliphatic carbocycles. The number of aromatic nitrogens is 2. The van der Waals surface area contributed by atoms with Crippen molar-refractivity contribution in [1.29, 1.82) is 0 Å². The van der Waals surface area contributed by atoms with Crippen LogP contribution < -0.4 is 5.32 Å². The Hall–Kier alpha value is -4.44. The molecule has 0 amide bonds. The highest BCUT2D eigenvalue weighted by Crippen LogP contribution is 2.39. The Balaban J connectivity index is 1.70.